The minimum absolute atomic E-state index is 0.0173. The Morgan fingerprint density at radius 2 is 1.72 bits per heavy atom. The summed E-state index contributed by atoms with van der Waals surface area (Å²) in [6.45, 7) is -0.608. The summed E-state index contributed by atoms with van der Waals surface area (Å²) in [4.78, 5) is 43.2. The van der Waals surface area contributed by atoms with Crippen LogP contribution < -0.4 is 15.5 Å². The van der Waals surface area contributed by atoms with Crippen molar-refractivity contribution >= 4 is 56.6 Å². The van der Waals surface area contributed by atoms with Crippen molar-refractivity contribution in [1.29, 1.82) is 0 Å². The van der Waals surface area contributed by atoms with Gasteiger partial charge in [0, 0.05) is 43.3 Å². The number of nitrogens with zero attached hydrogens (tertiary/aromatic N) is 3. The number of anilines is 1. The highest BCUT2D eigenvalue weighted by molar-refractivity contribution is 7.89. The molecule has 2 aliphatic rings. The normalized spacial score (nSPS) is 20.8. The van der Waals surface area contributed by atoms with Crippen molar-refractivity contribution in [2.24, 2.45) is 0 Å². The van der Waals surface area contributed by atoms with E-state index in [1.807, 2.05) is 19.0 Å². The monoisotopic (exact) mass is 647 g/mol. The lowest BCUT2D eigenvalue weighted by Crippen LogP contribution is -2.75. The summed E-state index contributed by atoms with van der Waals surface area (Å²) >= 11 is 12.3. The summed E-state index contributed by atoms with van der Waals surface area (Å²) in [5.74, 6) is -2.20. The fourth-order valence-corrected chi connectivity index (χ4v) is 7.55. The maximum absolute atomic E-state index is 14.1. The number of benzene rings is 3. The Kier molecular flexibility index (Phi) is 8.66. The number of sulfonamides is 1. The topological polar surface area (TPSA) is 119 Å². The predicted molar refractivity (Wildman–Crippen MR) is 160 cm³/mol. The van der Waals surface area contributed by atoms with Gasteiger partial charge in [-0.2, -0.15) is 4.31 Å². The highest BCUT2D eigenvalue weighted by atomic mass is 35.5. The zero-order valence-corrected chi connectivity index (χ0v) is 25.5. The Morgan fingerprint density at radius 3 is 2.35 bits per heavy atom. The van der Waals surface area contributed by atoms with Gasteiger partial charge in [-0.3, -0.25) is 14.4 Å². The van der Waals surface area contributed by atoms with Crippen molar-refractivity contribution in [3.63, 3.8) is 0 Å². The highest BCUT2D eigenvalue weighted by Gasteiger charge is 2.52. The maximum atomic E-state index is 14.1. The Labute approximate surface area is 258 Å². The molecule has 14 heteroatoms. The molecule has 10 nitrogen and oxygen atoms in total. The first-order chi connectivity index (χ1) is 20.4. The Bertz CT molecular complexity index is 1670. The van der Waals surface area contributed by atoms with Crippen LogP contribution in [0.25, 0.3) is 0 Å². The van der Waals surface area contributed by atoms with Gasteiger partial charge in [0.15, 0.2) is 0 Å². The minimum Gasteiger partial charge on any atom is -0.378 e. The molecule has 2 N–H and O–H groups in total. The first-order valence-corrected chi connectivity index (χ1v) is 15.5. The summed E-state index contributed by atoms with van der Waals surface area (Å²) in [5.41, 5.74) is 1.67. The van der Waals surface area contributed by atoms with Crippen LogP contribution in [0.3, 0.4) is 0 Å². The Balaban J connectivity index is 1.53. The van der Waals surface area contributed by atoms with Crippen molar-refractivity contribution in [3.8, 4) is 0 Å². The number of hydrogen-bond acceptors (Lipinski definition) is 6. The van der Waals surface area contributed by atoms with Crippen molar-refractivity contribution in [3.05, 3.63) is 93.7 Å². The number of carbonyl (C=O) groups is 3. The van der Waals surface area contributed by atoms with E-state index < -0.39 is 58.4 Å². The molecule has 2 heterocycles. The molecule has 2 fully saturated rings. The molecule has 43 heavy (non-hydrogen) atoms. The first kappa shape index (κ1) is 30.7. The molecule has 5 rings (SSSR count). The van der Waals surface area contributed by atoms with Crippen LogP contribution >= 0.6 is 23.2 Å². The van der Waals surface area contributed by atoms with E-state index in [0.717, 1.165) is 9.99 Å². The lowest BCUT2D eigenvalue weighted by atomic mass is 9.98. The maximum Gasteiger partial charge on any atom is 0.251 e. The Morgan fingerprint density at radius 1 is 1.05 bits per heavy atom. The molecular weight excluding hydrogens is 620 g/mol. The van der Waals surface area contributed by atoms with Crippen molar-refractivity contribution in [1.82, 2.24) is 19.8 Å². The van der Waals surface area contributed by atoms with Crippen LogP contribution in [0.1, 0.15) is 15.9 Å². The van der Waals surface area contributed by atoms with E-state index in [-0.39, 0.29) is 33.5 Å². The molecule has 3 aromatic rings. The smallest absolute Gasteiger partial charge is 0.251 e. The average molecular weight is 649 g/mol. The minimum atomic E-state index is -4.38. The highest BCUT2D eigenvalue weighted by Crippen LogP contribution is 2.33. The fraction of sp³-hybridized carbons (Fsp3) is 0.276. The van der Waals surface area contributed by atoms with Gasteiger partial charge in [-0.25, -0.2) is 12.8 Å². The summed E-state index contributed by atoms with van der Waals surface area (Å²) < 4.78 is 42.7. The van der Waals surface area contributed by atoms with Gasteiger partial charge in [0.05, 0.1) is 11.6 Å². The van der Waals surface area contributed by atoms with Gasteiger partial charge in [-0.05, 0) is 60.2 Å². The number of rotatable bonds is 7. The third-order valence-electron chi connectivity index (χ3n) is 7.44. The average Bonchev–Trinajstić information content (AvgIpc) is 2.96. The molecular formula is C29H28Cl2FN5O5S. The van der Waals surface area contributed by atoms with Gasteiger partial charge < -0.3 is 20.4 Å². The third kappa shape index (κ3) is 6.19. The van der Waals surface area contributed by atoms with E-state index in [9.17, 15) is 27.2 Å². The second kappa shape index (κ2) is 12.1. The van der Waals surface area contributed by atoms with E-state index in [1.165, 1.54) is 47.4 Å². The van der Waals surface area contributed by atoms with E-state index in [1.54, 1.807) is 24.3 Å². The molecule has 0 bridgehead atoms. The van der Waals surface area contributed by atoms with Gasteiger partial charge in [0.2, 0.25) is 21.8 Å². The molecule has 3 amide bonds. The van der Waals surface area contributed by atoms with Crippen LogP contribution in [0.4, 0.5) is 10.1 Å². The summed E-state index contributed by atoms with van der Waals surface area (Å²) in [5, 5.41) is 5.47. The van der Waals surface area contributed by atoms with Crippen LogP contribution in [0.15, 0.2) is 71.6 Å². The van der Waals surface area contributed by atoms with Crippen molar-refractivity contribution in [2.75, 3.05) is 32.1 Å². The molecule has 3 aromatic carbocycles. The van der Waals surface area contributed by atoms with Crippen LogP contribution in [0.2, 0.25) is 10.0 Å². The lowest BCUT2D eigenvalue weighted by molar-refractivity contribution is -0.157. The van der Waals surface area contributed by atoms with Crippen LogP contribution in [0.5, 0.6) is 0 Å². The number of nitrogens with one attached hydrogen (secondary N) is 2. The molecule has 226 valence electrons. The van der Waals surface area contributed by atoms with E-state index in [2.05, 4.69) is 10.6 Å². The van der Waals surface area contributed by atoms with Gasteiger partial charge >= 0.3 is 0 Å². The first-order valence-electron chi connectivity index (χ1n) is 13.3. The number of fused-ring (bicyclic) bond motifs is 1. The SMILES string of the molecule is CN(C)c1ccc(C(=O)NC2CN(S(=O)(=O)c3ccc(Cl)cc3Cl)C3CNC(=O)C(Cc4ccc(F)cc4)N3C2=O)cc1. The lowest BCUT2D eigenvalue weighted by Gasteiger charge is -2.50. The number of amides is 3. The van der Waals surface area contributed by atoms with Crippen LogP contribution in [0, 0.1) is 5.82 Å². The van der Waals surface area contributed by atoms with Gasteiger partial charge in [-0.1, -0.05) is 35.3 Å². The van der Waals surface area contributed by atoms with Gasteiger partial charge in [-0.15, -0.1) is 0 Å². The van der Waals surface area contributed by atoms with Crippen molar-refractivity contribution < 1.29 is 27.2 Å². The predicted octanol–water partition coefficient (Wildman–Crippen LogP) is 2.90. The number of halogens is 3. The number of piperazine rings is 1. The zero-order chi connectivity index (χ0) is 31.1. The van der Waals surface area contributed by atoms with Crippen LogP contribution in [-0.2, 0) is 26.0 Å². The van der Waals surface area contributed by atoms with Crippen LogP contribution in [-0.4, -0.2) is 80.8 Å². The largest absolute Gasteiger partial charge is 0.378 e. The van der Waals surface area contributed by atoms with Gasteiger partial charge in [0.1, 0.15) is 29.0 Å². The molecule has 0 spiro atoms. The van der Waals surface area contributed by atoms with E-state index in [4.69, 9.17) is 23.2 Å². The number of carbonyl (C=O) groups excluding carboxylic acids is 3. The fourth-order valence-electron chi connectivity index (χ4n) is 5.21. The zero-order valence-electron chi connectivity index (χ0n) is 23.1. The third-order valence-corrected chi connectivity index (χ3v) is 10.0. The molecule has 3 unspecified atom stereocenters. The molecule has 3 atom stereocenters. The van der Waals surface area contributed by atoms with Gasteiger partial charge in [0.25, 0.3) is 5.91 Å². The van der Waals surface area contributed by atoms with E-state index in [0.29, 0.717) is 5.56 Å². The second-order valence-electron chi connectivity index (χ2n) is 10.4. The molecule has 0 aromatic heterocycles. The second-order valence-corrected chi connectivity index (χ2v) is 13.1. The molecule has 2 saturated heterocycles. The van der Waals surface area contributed by atoms with E-state index >= 15 is 0 Å². The summed E-state index contributed by atoms with van der Waals surface area (Å²) in [6.07, 6.45) is -1.14. The summed E-state index contributed by atoms with van der Waals surface area (Å²) in [6, 6.07) is 13.5. The molecule has 2 aliphatic heterocycles. The molecule has 0 aliphatic carbocycles. The molecule has 0 saturated carbocycles. The molecule has 0 radical (unpaired) electrons. The summed E-state index contributed by atoms with van der Waals surface area (Å²) in [7, 11) is -0.675. The quantitative estimate of drug-likeness (QED) is 0.407. The van der Waals surface area contributed by atoms with Crippen molar-refractivity contribution in [2.45, 2.75) is 29.6 Å². The standard InChI is InChI=1S/C29H28Cl2FN5O5S/c1-35(2)21-10-5-18(6-11-21)27(38)34-23-16-36(43(41,42)25-12-7-19(30)14-22(25)31)26-15-33-28(39)24(37(26)29(23)40)13-17-3-8-20(32)9-4-17/h3-12,14,23-24,26H,13,15-16H2,1-2H3,(H,33,39)(H,34,38). The Hall–Kier alpha value is -3.71. The number of hydrogen-bond donors (Lipinski definition) is 2.